The van der Waals surface area contributed by atoms with Gasteiger partial charge in [-0.1, -0.05) is 76.2 Å². The quantitative estimate of drug-likeness (QED) is 0.317. The van der Waals surface area contributed by atoms with Crippen molar-refractivity contribution in [1.29, 1.82) is 0 Å². The van der Waals surface area contributed by atoms with Crippen LogP contribution in [0.3, 0.4) is 0 Å². The zero-order valence-corrected chi connectivity index (χ0v) is 22.2. The number of aromatic nitrogens is 4. The predicted molar refractivity (Wildman–Crippen MR) is 153 cm³/mol. The highest BCUT2D eigenvalue weighted by molar-refractivity contribution is 6.20. The molecule has 1 aromatic heterocycles. The van der Waals surface area contributed by atoms with Crippen molar-refractivity contribution in [1.82, 2.24) is 31.1 Å². The number of hydrazine groups is 1. The molecule has 6 rings (SSSR count). The fraction of sp³-hybridized carbons (Fsp3) is 0.200. The van der Waals surface area contributed by atoms with E-state index in [4.69, 9.17) is 9.73 Å². The van der Waals surface area contributed by atoms with Crippen LogP contribution in [-0.2, 0) is 0 Å². The molecular weight excluding hydrogens is 474 g/mol. The van der Waals surface area contributed by atoms with E-state index in [0.717, 1.165) is 58.3 Å². The van der Waals surface area contributed by atoms with Gasteiger partial charge in [-0.15, -0.1) is 10.2 Å². The molecule has 0 aliphatic carbocycles. The molecule has 38 heavy (non-hydrogen) atoms. The first-order valence-corrected chi connectivity index (χ1v) is 13.0. The Balaban J connectivity index is 0.000000804. The first kappa shape index (κ1) is 26.5. The number of aromatic amines is 1. The molecule has 2 aliphatic heterocycles. The van der Waals surface area contributed by atoms with Crippen molar-refractivity contribution >= 4 is 23.1 Å². The molecule has 0 fully saturated rings. The third kappa shape index (κ3) is 5.71. The highest BCUT2D eigenvalue weighted by Gasteiger charge is 2.30. The average molecular weight is 508 g/mol. The van der Waals surface area contributed by atoms with Gasteiger partial charge in [0.1, 0.15) is 11.5 Å². The molecule has 0 saturated heterocycles. The van der Waals surface area contributed by atoms with Crippen LogP contribution < -0.4 is 10.2 Å². The zero-order valence-electron chi connectivity index (χ0n) is 22.2. The minimum Gasteiger partial charge on any atom is -0.457 e. The molecule has 0 spiro atoms. The topological polar surface area (TPSA) is 91.3 Å². The van der Waals surface area contributed by atoms with E-state index in [9.17, 15) is 0 Å². The van der Waals surface area contributed by atoms with E-state index in [0.29, 0.717) is 5.82 Å². The van der Waals surface area contributed by atoms with Crippen molar-refractivity contribution in [2.75, 3.05) is 6.54 Å². The highest BCUT2D eigenvalue weighted by Crippen LogP contribution is 2.38. The summed E-state index contributed by atoms with van der Waals surface area (Å²) in [7, 11) is 0. The summed E-state index contributed by atoms with van der Waals surface area (Å²) in [5.74, 6) is 2.91. The van der Waals surface area contributed by atoms with Gasteiger partial charge in [0.05, 0.1) is 5.70 Å². The normalized spacial score (nSPS) is 14.2. The highest BCUT2D eigenvalue weighted by atomic mass is 16.5. The molecule has 8 heteroatoms. The van der Waals surface area contributed by atoms with E-state index < -0.39 is 0 Å². The van der Waals surface area contributed by atoms with E-state index in [1.54, 1.807) is 0 Å². The van der Waals surface area contributed by atoms with Crippen LogP contribution >= 0.6 is 0 Å². The van der Waals surface area contributed by atoms with Crippen molar-refractivity contribution < 1.29 is 4.74 Å². The fourth-order valence-electron chi connectivity index (χ4n) is 4.16. The molecular formula is C30H33N7O. The lowest BCUT2D eigenvalue weighted by Crippen LogP contribution is -2.42. The average Bonchev–Trinajstić information content (AvgIpc) is 3.55. The van der Waals surface area contributed by atoms with E-state index in [1.165, 1.54) is 0 Å². The SMILES string of the molecule is C1=NC2=C(c3nn[nH]n3)CCNN2C(c2ccc(Oc3ccccc3)cc2)=C1c1ccccc1.CC.CC. The summed E-state index contributed by atoms with van der Waals surface area (Å²) in [6.45, 7) is 8.73. The number of aliphatic imine (C=N–C) groups is 1. The van der Waals surface area contributed by atoms with Crippen LogP contribution in [0.5, 0.6) is 11.5 Å². The maximum Gasteiger partial charge on any atom is 0.204 e. The van der Waals surface area contributed by atoms with Gasteiger partial charge in [-0.3, -0.25) is 5.01 Å². The van der Waals surface area contributed by atoms with E-state index in [2.05, 4.69) is 50.3 Å². The number of fused-ring (bicyclic) bond motifs is 1. The van der Waals surface area contributed by atoms with Gasteiger partial charge in [-0.05, 0) is 53.6 Å². The molecule has 4 aromatic rings. The number of tetrazole rings is 1. The molecule has 0 saturated carbocycles. The number of para-hydroxylation sites is 1. The lowest BCUT2D eigenvalue weighted by molar-refractivity contribution is 0.341. The zero-order chi connectivity index (χ0) is 26.7. The second-order valence-corrected chi connectivity index (χ2v) is 7.86. The third-order valence-electron chi connectivity index (χ3n) is 5.73. The minimum absolute atomic E-state index is 0.563. The van der Waals surface area contributed by atoms with Gasteiger partial charge in [0.15, 0.2) is 5.82 Å². The first-order chi connectivity index (χ1) is 18.9. The van der Waals surface area contributed by atoms with Crippen LogP contribution in [0.4, 0.5) is 0 Å². The summed E-state index contributed by atoms with van der Waals surface area (Å²) in [5, 5.41) is 16.7. The van der Waals surface area contributed by atoms with E-state index in [1.807, 2.05) is 99.6 Å². The van der Waals surface area contributed by atoms with Crippen molar-refractivity contribution in [3.63, 3.8) is 0 Å². The molecule has 0 atom stereocenters. The van der Waals surface area contributed by atoms with Gasteiger partial charge in [0, 0.05) is 29.5 Å². The van der Waals surface area contributed by atoms with Crippen LogP contribution in [0.2, 0.25) is 0 Å². The van der Waals surface area contributed by atoms with Crippen molar-refractivity contribution in [3.8, 4) is 11.5 Å². The Morgan fingerprint density at radius 2 is 1.42 bits per heavy atom. The monoisotopic (exact) mass is 507 g/mol. The molecule has 2 aliphatic rings. The summed E-state index contributed by atoms with van der Waals surface area (Å²) in [5.41, 5.74) is 8.58. The Morgan fingerprint density at radius 3 is 2.08 bits per heavy atom. The number of nitrogens with zero attached hydrogens (tertiary/aromatic N) is 5. The second kappa shape index (κ2) is 13.1. The Kier molecular flexibility index (Phi) is 9.15. The molecule has 8 nitrogen and oxygen atoms in total. The molecule has 0 amide bonds. The van der Waals surface area contributed by atoms with E-state index >= 15 is 0 Å². The van der Waals surface area contributed by atoms with Gasteiger partial charge in [0.2, 0.25) is 5.82 Å². The molecule has 0 bridgehead atoms. The summed E-state index contributed by atoms with van der Waals surface area (Å²) in [4.78, 5) is 4.81. The van der Waals surface area contributed by atoms with Crippen molar-refractivity contribution in [2.24, 2.45) is 4.99 Å². The van der Waals surface area contributed by atoms with Crippen LogP contribution in [0.25, 0.3) is 16.8 Å². The molecule has 3 heterocycles. The molecule has 194 valence electrons. The Hall–Kier alpha value is -4.56. The smallest absolute Gasteiger partial charge is 0.204 e. The number of rotatable bonds is 5. The van der Waals surface area contributed by atoms with Crippen LogP contribution in [0.1, 0.15) is 51.1 Å². The number of ether oxygens (including phenoxy) is 1. The molecule has 3 aromatic carbocycles. The van der Waals surface area contributed by atoms with Crippen molar-refractivity contribution in [2.45, 2.75) is 34.1 Å². The number of H-pyrrole nitrogens is 1. The summed E-state index contributed by atoms with van der Waals surface area (Å²) < 4.78 is 6.00. The fourth-order valence-corrected chi connectivity index (χ4v) is 4.16. The maximum absolute atomic E-state index is 6.00. The minimum atomic E-state index is 0.563. The van der Waals surface area contributed by atoms with Gasteiger partial charge in [-0.25, -0.2) is 10.4 Å². The molecule has 0 unspecified atom stereocenters. The number of benzene rings is 3. The lowest BCUT2D eigenvalue weighted by atomic mass is 9.97. The van der Waals surface area contributed by atoms with Gasteiger partial charge in [0.25, 0.3) is 0 Å². The molecule has 2 N–H and O–H groups in total. The van der Waals surface area contributed by atoms with Crippen LogP contribution in [0.15, 0.2) is 95.7 Å². The van der Waals surface area contributed by atoms with Gasteiger partial charge < -0.3 is 4.74 Å². The lowest BCUT2D eigenvalue weighted by Gasteiger charge is -2.36. The Labute approximate surface area is 223 Å². The van der Waals surface area contributed by atoms with Gasteiger partial charge >= 0.3 is 0 Å². The summed E-state index contributed by atoms with van der Waals surface area (Å²) in [6, 6.07) is 28.1. The first-order valence-electron chi connectivity index (χ1n) is 13.0. The number of hydrogen-bond donors (Lipinski definition) is 2. The number of nitrogens with one attached hydrogen (secondary N) is 2. The maximum atomic E-state index is 6.00. The van der Waals surface area contributed by atoms with Gasteiger partial charge in [-0.2, -0.15) is 5.21 Å². The standard InChI is InChI=1S/C26H21N7O.2C2H6/c1-3-7-18(8-4-1)23-17-27-26-22(25-29-31-32-30-25)15-16-28-33(26)24(23)19-11-13-21(14-12-19)34-20-9-5-2-6-10-20;2*1-2/h1-14,17,28H,15-16H2,(H,29,30,31,32);2*1-2H3. The van der Waals surface area contributed by atoms with Crippen LogP contribution in [0, 0.1) is 0 Å². The second-order valence-electron chi connectivity index (χ2n) is 7.86. The summed E-state index contributed by atoms with van der Waals surface area (Å²) in [6.07, 6.45) is 2.67. The largest absolute Gasteiger partial charge is 0.457 e. The molecule has 0 radical (unpaired) electrons. The predicted octanol–water partition coefficient (Wildman–Crippen LogP) is 6.58. The number of allylic oxidation sites excluding steroid dienone is 1. The Bertz CT molecular complexity index is 1380. The van der Waals surface area contributed by atoms with E-state index in [-0.39, 0.29) is 0 Å². The number of hydrogen-bond acceptors (Lipinski definition) is 7. The third-order valence-corrected chi connectivity index (χ3v) is 5.73. The van der Waals surface area contributed by atoms with Crippen LogP contribution in [-0.4, -0.2) is 38.4 Å². The van der Waals surface area contributed by atoms with Crippen molar-refractivity contribution in [3.05, 3.63) is 108 Å². The Morgan fingerprint density at radius 1 is 0.763 bits per heavy atom. The summed E-state index contributed by atoms with van der Waals surface area (Å²) >= 11 is 0.